The van der Waals surface area contributed by atoms with Gasteiger partial charge in [0.1, 0.15) is 0 Å². The molecule has 0 saturated carbocycles. The van der Waals surface area contributed by atoms with Crippen molar-refractivity contribution in [3.05, 3.63) is 18.0 Å². The molecule has 0 spiro atoms. The van der Waals surface area contributed by atoms with Crippen LogP contribution in [-0.2, 0) is 7.05 Å². The number of aromatic nitrogens is 2. The Bertz CT molecular complexity index is 322. The number of hydrogen-bond donors (Lipinski definition) is 1. The molecule has 0 atom stereocenters. The summed E-state index contributed by atoms with van der Waals surface area (Å²) in [4.78, 5) is 11.6. The predicted octanol–water partition coefficient (Wildman–Crippen LogP) is 1.12. The van der Waals surface area contributed by atoms with E-state index in [1.54, 1.807) is 24.1 Å². The molecule has 0 aliphatic carbocycles. The number of ketones is 1. The molecule has 4 heteroatoms. The van der Waals surface area contributed by atoms with Crippen LogP contribution in [0.25, 0.3) is 0 Å². The van der Waals surface area contributed by atoms with Crippen molar-refractivity contribution in [2.45, 2.75) is 32.2 Å². The number of carbonyl (C=O) groups excluding carboxylic acids is 1. The van der Waals surface area contributed by atoms with Crippen LogP contribution in [0.5, 0.6) is 0 Å². The zero-order valence-electron chi connectivity index (χ0n) is 8.95. The Balaban J connectivity index is 2.52. The summed E-state index contributed by atoms with van der Waals surface area (Å²) in [6.07, 6.45) is 4.49. The predicted molar refractivity (Wildman–Crippen MR) is 55.0 cm³/mol. The Labute approximate surface area is 84.1 Å². The average molecular weight is 195 g/mol. The van der Waals surface area contributed by atoms with Crippen molar-refractivity contribution >= 4 is 5.78 Å². The number of Topliss-reactive ketones (excluding diaryl/α,β-unsaturated/α-hetero) is 1. The summed E-state index contributed by atoms with van der Waals surface area (Å²) >= 11 is 0. The number of hydrogen-bond acceptors (Lipinski definition) is 3. The van der Waals surface area contributed by atoms with Gasteiger partial charge in [0.25, 0.3) is 0 Å². The lowest BCUT2D eigenvalue weighted by molar-refractivity contribution is 0.0972. The smallest absolute Gasteiger partial charge is 0.166 e. The molecule has 0 aliphatic rings. The highest BCUT2D eigenvalue weighted by Crippen LogP contribution is 2.11. The van der Waals surface area contributed by atoms with E-state index in [9.17, 15) is 4.79 Å². The van der Waals surface area contributed by atoms with Crippen molar-refractivity contribution in [1.82, 2.24) is 9.78 Å². The van der Waals surface area contributed by atoms with Gasteiger partial charge in [0.15, 0.2) is 5.78 Å². The highest BCUT2D eigenvalue weighted by atomic mass is 16.1. The molecule has 0 fully saturated rings. The van der Waals surface area contributed by atoms with Gasteiger partial charge in [-0.15, -0.1) is 0 Å². The topological polar surface area (TPSA) is 60.9 Å². The number of nitrogens with zero attached hydrogens (tertiary/aromatic N) is 2. The van der Waals surface area contributed by atoms with Crippen LogP contribution >= 0.6 is 0 Å². The van der Waals surface area contributed by atoms with E-state index in [1.165, 1.54) is 0 Å². The lowest BCUT2D eigenvalue weighted by atomic mass is 9.97. The molecule has 0 radical (unpaired) electrons. The summed E-state index contributed by atoms with van der Waals surface area (Å²) in [5, 5.41) is 3.95. The van der Waals surface area contributed by atoms with E-state index in [1.807, 2.05) is 13.8 Å². The zero-order chi connectivity index (χ0) is 10.8. The molecule has 78 valence electrons. The maximum Gasteiger partial charge on any atom is 0.166 e. The van der Waals surface area contributed by atoms with Gasteiger partial charge in [-0.1, -0.05) is 0 Å². The molecule has 14 heavy (non-hydrogen) atoms. The third kappa shape index (κ3) is 3.30. The van der Waals surface area contributed by atoms with Gasteiger partial charge in [0.2, 0.25) is 0 Å². The second kappa shape index (κ2) is 3.92. The van der Waals surface area contributed by atoms with E-state index in [0.717, 1.165) is 0 Å². The first-order valence-electron chi connectivity index (χ1n) is 4.69. The van der Waals surface area contributed by atoms with E-state index in [2.05, 4.69) is 5.10 Å². The highest BCUT2D eigenvalue weighted by Gasteiger charge is 2.15. The highest BCUT2D eigenvalue weighted by molar-refractivity contribution is 5.95. The van der Waals surface area contributed by atoms with Gasteiger partial charge >= 0.3 is 0 Å². The Morgan fingerprint density at radius 2 is 2.29 bits per heavy atom. The molecule has 0 unspecified atom stereocenters. The van der Waals surface area contributed by atoms with E-state index in [0.29, 0.717) is 18.4 Å². The van der Waals surface area contributed by atoms with Crippen molar-refractivity contribution in [1.29, 1.82) is 0 Å². The van der Waals surface area contributed by atoms with Crippen LogP contribution < -0.4 is 5.73 Å². The van der Waals surface area contributed by atoms with Gasteiger partial charge in [0.05, 0.1) is 11.8 Å². The quantitative estimate of drug-likeness (QED) is 0.732. The van der Waals surface area contributed by atoms with Crippen molar-refractivity contribution in [3.63, 3.8) is 0 Å². The summed E-state index contributed by atoms with van der Waals surface area (Å²) in [5.74, 6) is 0.108. The molecule has 0 amide bonds. The molecular formula is C10H17N3O. The van der Waals surface area contributed by atoms with Gasteiger partial charge in [-0.2, -0.15) is 5.10 Å². The monoisotopic (exact) mass is 195 g/mol. The molecule has 1 aromatic heterocycles. The van der Waals surface area contributed by atoms with Crippen LogP contribution in [0, 0.1) is 0 Å². The van der Waals surface area contributed by atoms with Crippen LogP contribution in [0.4, 0.5) is 0 Å². The molecule has 0 aliphatic heterocycles. The van der Waals surface area contributed by atoms with E-state index in [4.69, 9.17) is 5.73 Å². The summed E-state index contributed by atoms with van der Waals surface area (Å²) < 4.78 is 1.63. The first-order valence-corrected chi connectivity index (χ1v) is 4.69. The molecule has 1 aromatic rings. The van der Waals surface area contributed by atoms with Crippen molar-refractivity contribution in [3.8, 4) is 0 Å². The number of carbonyl (C=O) groups is 1. The summed E-state index contributed by atoms with van der Waals surface area (Å²) in [6.45, 7) is 3.84. The molecule has 0 saturated heterocycles. The Hall–Kier alpha value is -1.16. The lowest BCUT2D eigenvalue weighted by Gasteiger charge is -2.16. The Morgan fingerprint density at radius 1 is 1.64 bits per heavy atom. The van der Waals surface area contributed by atoms with Crippen LogP contribution in [0.2, 0.25) is 0 Å². The fraction of sp³-hybridized carbons (Fsp3) is 0.600. The van der Waals surface area contributed by atoms with Crippen LogP contribution in [0.1, 0.15) is 37.0 Å². The van der Waals surface area contributed by atoms with Crippen LogP contribution in [-0.4, -0.2) is 21.1 Å². The Kier molecular flexibility index (Phi) is 3.06. The largest absolute Gasteiger partial charge is 0.326 e. The first-order chi connectivity index (χ1) is 6.38. The SMILES string of the molecule is Cn1cc(C(=O)CCC(C)(C)N)cn1. The van der Waals surface area contributed by atoms with Gasteiger partial charge in [-0.05, 0) is 20.3 Å². The van der Waals surface area contributed by atoms with Gasteiger partial charge in [0, 0.05) is 25.2 Å². The fourth-order valence-electron chi connectivity index (χ4n) is 1.15. The molecule has 2 N–H and O–H groups in total. The van der Waals surface area contributed by atoms with Crippen molar-refractivity contribution in [2.24, 2.45) is 12.8 Å². The van der Waals surface area contributed by atoms with E-state index >= 15 is 0 Å². The third-order valence-electron chi connectivity index (χ3n) is 2.02. The fourth-order valence-corrected chi connectivity index (χ4v) is 1.15. The minimum Gasteiger partial charge on any atom is -0.326 e. The first kappa shape index (κ1) is 10.9. The van der Waals surface area contributed by atoms with Crippen LogP contribution in [0.3, 0.4) is 0 Å². The maximum absolute atomic E-state index is 11.6. The van der Waals surface area contributed by atoms with Gasteiger partial charge in [-0.25, -0.2) is 0 Å². The Morgan fingerprint density at radius 3 is 2.71 bits per heavy atom. The van der Waals surface area contributed by atoms with E-state index < -0.39 is 0 Å². The minimum atomic E-state index is -0.280. The number of rotatable bonds is 4. The third-order valence-corrected chi connectivity index (χ3v) is 2.02. The molecule has 0 bridgehead atoms. The molecule has 1 rings (SSSR count). The minimum absolute atomic E-state index is 0.108. The van der Waals surface area contributed by atoms with E-state index in [-0.39, 0.29) is 11.3 Å². The number of aryl methyl sites for hydroxylation is 1. The van der Waals surface area contributed by atoms with Crippen molar-refractivity contribution < 1.29 is 4.79 Å². The maximum atomic E-state index is 11.6. The molecule has 1 heterocycles. The summed E-state index contributed by atoms with van der Waals surface area (Å²) in [6, 6.07) is 0. The van der Waals surface area contributed by atoms with Gasteiger partial charge in [-0.3, -0.25) is 9.48 Å². The lowest BCUT2D eigenvalue weighted by Crippen LogP contribution is -2.32. The van der Waals surface area contributed by atoms with Crippen LogP contribution in [0.15, 0.2) is 12.4 Å². The zero-order valence-corrected chi connectivity index (χ0v) is 8.95. The summed E-state index contributed by atoms with van der Waals surface area (Å²) in [5.41, 5.74) is 6.18. The number of nitrogens with two attached hydrogens (primary N) is 1. The average Bonchev–Trinajstić information content (AvgIpc) is 2.46. The standard InChI is InChI=1S/C10H17N3O/c1-10(2,11)5-4-9(14)8-6-12-13(3)7-8/h6-7H,4-5,11H2,1-3H3. The normalized spacial score (nSPS) is 11.7. The summed E-state index contributed by atoms with van der Waals surface area (Å²) in [7, 11) is 1.80. The molecular weight excluding hydrogens is 178 g/mol. The van der Waals surface area contributed by atoms with Crippen molar-refractivity contribution in [2.75, 3.05) is 0 Å². The van der Waals surface area contributed by atoms with Gasteiger partial charge < -0.3 is 5.73 Å². The molecule has 0 aromatic carbocycles. The second-order valence-electron chi connectivity index (χ2n) is 4.31. The second-order valence-corrected chi connectivity index (χ2v) is 4.31. The molecule has 4 nitrogen and oxygen atoms in total.